The summed E-state index contributed by atoms with van der Waals surface area (Å²) in [5.74, 6) is 0.973. The number of anilines is 1. The minimum Gasteiger partial charge on any atom is -0.389 e. The Hall–Kier alpha value is -1.69. The summed E-state index contributed by atoms with van der Waals surface area (Å²) >= 11 is 5.16. The second-order valence-corrected chi connectivity index (χ2v) is 6.30. The summed E-state index contributed by atoms with van der Waals surface area (Å²) in [5, 5.41) is 3.44. The maximum atomic E-state index is 11.6. The lowest BCUT2D eigenvalue weighted by molar-refractivity contribution is -0.132. The number of likely N-dealkylation sites (N-methyl/N-ethyl adjacent to an activating group) is 1. The fourth-order valence-corrected chi connectivity index (χ4v) is 3.25. The number of nitrogens with zero attached hydrogens (tertiary/aromatic N) is 2. The Kier molecular flexibility index (Phi) is 3.80. The molecular formula is C15H20N4OS. The summed E-state index contributed by atoms with van der Waals surface area (Å²) in [5.41, 5.74) is 9.09. The van der Waals surface area contributed by atoms with Gasteiger partial charge in [-0.1, -0.05) is 12.2 Å². The third-order valence-corrected chi connectivity index (χ3v) is 4.50. The lowest BCUT2D eigenvalue weighted by Crippen LogP contribution is -2.43. The smallest absolute Gasteiger partial charge is 0.222 e. The number of rotatable bonds is 3. The number of carbonyl (C=O) groups excluding carboxylic acids is 1. The number of fused-ring (bicyclic) bond motifs is 1. The highest BCUT2D eigenvalue weighted by Crippen LogP contribution is 2.26. The van der Waals surface area contributed by atoms with E-state index in [4.69, 9.17) is 22.9 Å². The number of pyridine rings is 1. The molecule has 112 valence electrons. The predicted molar refractivity (Wildman–Crippen MR) is 86.4 cm³/mol. The first-order valence-corrected chi connectivity index (χ1v) is 7.78. The van der Waals surface area contributed by atoms with Crippen molar-refractivity contribution in [2.45, 2.75) is 38.1 Å². The number of aryl methyl sites for hydroxylation is 2. The van der Waals surface area contributed by atoms with Crippen molar-refractivity contribution in [1.82, 2.24) is 9.88 Å². The van der Waals surface area contributed by atoms with E-state index in [1.165, 1.54) is 5.56 Å². The number of hydrogen-bond acceptors (Lipinski definition) is 4. The molecule has 1 atom stereocenters. The fraction of sp³-hybridized carbons (Fsp3) is 0.533. The summed E-state index contributed by atoms with van der Waals surface area (Å²) in [6, 6.07) is 2.28. The van der Waals surface area contributed by atoms with E-state index in [1.807, 2.05) is 7.05 Å². The van der Waals surface area contributed by atoms with Gasteiger partial charge in [0, 0.05) is 31.7 Å². The topological polar surface area (TPSA) is 71.2 Å². The molecule has 3 rings (SSSR count). The average Bonchev–Trinajstić information content (AvgIpc) is 2.89. The third-order valence-electron chi connectivity index (χ3n) is 4.28. The van der Waals surface area contributed by atoms with Crippen molar-refractivity contribution in [3.63, 3.8) is 0 Å². The third kappa shape index (κ3) is 2.85. The van der Waals surface area contributed by atoms with Gasteiger partial charge in [0.15, 0.2) is 0 Å². The monoisotopic (exact) mass is 304 g/mol. The molecule has 0 radical (unpaired) electrons. The zero-order chi connectivity index (χ0) is 15.0. The van der Waals surface area contributed by atoms with Gasteiger partial charge >= 0.3 is 0 Å². The Bertz CT molecular complexity index is 602. The van der Waals surface area contributed by atoms with Crippen molar-refractivity contribution in [2.24, 2.45) is 5.73 Å². The highest BCUT2D eigenvalue weighted by atomic mass is 32.1. The molecule has 0 spiro atoms. The fourth-order valence-electron chi connectivity index (χ4n) is 3.09. The molecule has 1 aliphatic carbocycles. The van der Waals surface area contributed by atoms with Crippen LogP contribution in [0.4, 0.5) is 5.82 Å². The molecule has 6 heteroatoms. The van der Waals surface area contributed by atoms with Gasteiger partial charge in [0.2, 0.25) is 5.91 Å². The van der Waals surface area contributed by atoms with Crippen LogP contribution in [0.1, 0.15) is 36.1 Å². The molecule has 0 aromatic carbocycles. The molecule has 0 bridgehead atoms. The minimum atomic E-state index is 0.199. The van der Waals surface area contributed by atoms with Gasteiger partial charge in [0.1, 0.15) is 10.8 Å². The first-order valence-electron chi connectivity index (χ1n) is 7.37. The van der Waals surface area contributed by atoms with E-state index in [2.05, 4.69) is 11.4 Å². The van der Waals surface area contributed by atoms with Crippen molar-refractivity contribution < 1.29 is 4.79 Å². The van der Waals surface area contributed by atoms with Crippen LogP contribution >= 0.6 is 12.2 Å². The number of thiocarbonyl (C=S) groups is 1. The van der Waals surface area contributed by atoms with Crippen LogP contribution in [0, 0.1) is 0 Å². The van der Waals surface area contributed by atoms with Crippen LogP contribution < -0.4 is 11.1 Å². The van der Waals surface area contributed by atoms with Gasteiger partial charge in [-0.3, -0.25) is 4.79 Å². The van der Waals surface area contributed by atoms with Gasteiger partial charge in [-0.05, 0) is 37.3 Å². The van der Waals surface area contributed by atoms with E-state index in [0.717, 1.165) is 42.8 Å². The Morgan fingerprint density at radius 3 is 3.00 bits per heavy atom. The number of aromatic nitrogens is 1. The standard InChI is InChI=1S/C15H20N4OS/c1-19-8-10(5-6-13(19)20)17-15-11(14(16)21)7-9-3-2-4-12(9)18-15/h7,10H,2-6,8H2,1H3,(H2,16,21)(H,17,18). The summed E-state index contributed by atoms with van der Waals surface area (Å²) in [6.07, 6.45) is 4.60. The number of hydrogen-bond donors (Lipinski definition) is 2. The maximum absolute atomic E-state index is 11.6. The summed E-state index contributed by atoms with van der Waals surface area (Å²) in [4.78, 5) is 18.4. The minimum absolute atomic E-state index is 0.199. The quantitative estimate of drug-likeness (QED) is 0.822. The summed E-state index contributed by atoms with van der Waals surface area (Å²) < 4.78 is 0. The zero-order valence-electron chi connectivity index (χ0n) is 12.2. The SMILES string of the molecule is CN1CC(Nc2nc3c(cc2C(N)=S)CCC3)CCC1=O. The van der Waals surface area contributed by atoms with E-state index in [-0.39, 0.29) is 11.9 Å². The lowest BCUT2D eigenvalue weighted by atomic mass is 10.0. The number of nitrogens with two attached hydrogens (primary N) is 1. The van der Waals surface area contributed by atoms with Crippen molar-refractivity contribution in [2.75, 3.05) is 18.9 Å². The molecule has 0 saturated carbocycles. The highest BCUT2D eigenvalue weighted by molar-refractivity contribution is 7.80. The maximum Gasteiger partial charge on any atom is 0.222 e. The average molecular weight is 304 g/mol. The van der Waals surface area contributed by atoms with Gasteiger partial charge in [0.25, 0.3) is 0 Å². The summed E-state index contributed by atoms with van der Waals surface area (Å²) in [7, 11) is 1.83. The van der Waals surface area contributed by atoms with Crippen LogP contribution in [0.2, 0.25) is 0 Å². The zero-order valence-corrected chi connectivity index (χ0v) is 13.0. The Morgan fingerprint density at radius 1 is 1.48 bits per heavy atom. The Labute approximate surface area is 129 Å². The number of nitrogens with one attached hydrogen (secondary N) is 1. The molecule has 1 aliphatic heterocycles. The molecule has 2 aliphatic rings. The van der Waals surface area contributed by atoms with Crippen LogP contribution in [-0.4, -0.2) is 40.4 Å². The number of carbonyl (C=O) groups is 1. The van der Waals surface area contributed by atoms with Gasteiger partial charge in [-0.15, -0.1) is 0 Å². The molecule has 1 aromatic heterocycles. The van der Waals surface area contributed by atoms with Crippen LogP contribution in [-0.2, 0) is 17.6 Å². The van der Waals surface area contributed by atoms with Crippen molar-refractivity contribution >= 4 is 28.9 Å². The summed E-state index contributed by atoms with van der Waals surface area (Å²) in [6.45, 7) is 0.689. The van der Waals surface area contributed by atoms with E-state index in [0.29, 0.717) is 18.0 Å². The van der Waals surface area contributed by atoms with Gasteiger partial charge < -0.3 is 16.0 Å². The molecule has 5 nitrogen and oxygen atoms in total. The van der Waals surface area contributed by atoms with Crippen LogP contribution in [0.15, 0.2) is 6.07 Å². The lowest BCUT2D eigenvalue weighted by Gasteiger charge is -2.31. The van der Waals surface area contributed by atoms with Gasteiger partial charge in [-0.2, -0.15) is 0 Å². The molecular weight excluding hydrogens is 284 g/mol. The van der Waals surface area contributed by atoms with E-state index in [9.17, 15) is 4.79 Å². The largest absolute Gasteiger partial charge is 0.389 e. The molecule has 1 saturated heterocycles. The van der Waals surface area contributed by atoms with Gasteiger partial charge in [-0.25, -0.2) is 4.98 Å². The molecule has 21 heavy (non-hydrogen) atoms. The van der Waals surface area contributed by atoms with Gasteiger partial charge in [0.05, 0.1) is 5.56 Å². The Morgan fingerprint density at radius 2 is 2.29 bits per heavy atom. The molecule has 1 fully saturated rings. The number of likely N-dealkylation sites (tertiary alicyclic amines) is 1. The normalized spacial score (nSPS) is 21.3. The van der Waals surface area contributed by atoms with Crippen molar-refractivity contribution in [3.8, 4) is 0 Å². The second kappa shape index (κ2) is 5.60. The van der Waals surface area contributed by atoms with Crippen LogP contribution in [0.3, 0.4) is 0 Å². The van der Waals surface area contributed by atoms with E-state index in [1.54, 1.807) is 4.90 Å². The molecule has 3 N–H and O–H groups in total. The molecule has 1 unspecified atom stereocenters. The van der Waals surface area contributed by atoms with E-state index >= 15 is 0 Å². The highest BCUT2D eigenvalue weighted by Gasteiger charge is 2.25. The first kappa shape index (κ1) is 14.3. The van der Waals surface area contributed by atoms with Crippen LogP contribution in [0.25, 0.3) is 0 Å². The predicted octanol–water partition coefficient (Wildman–Crippen LogP) is 1.24. The van der Waals surface area contributed by atoms with Crippen molar-refractivity contribution in [1.29, 1.82) is 0 Å². The van der Waals surface area contributed by atoms with Crippen molar-refractivity contribution in [3.05, 3.63) is 22.9 Å². The number of piperidine rings is 1. The Balaban J connectivity index is 1.84. The molecule has 1 amide bonds. The molecule has 2 heterocycles. The number of amides is 1. The first-order chi connectivity index (χ1) is 10.0. The van der Waals surface area contributed by atoms with Crippen LogP contribution in [0.5, 0.6) is 0 Å². The van der Waals surface area contributed by atoms with E-state index < -0.39 is 0 Å². The molecule has 1 aromatic rings. The second-order valence-electron chi connectivity index (χ2n) is 5.86.